The van der Waals surface area contributed by atoms with E-state index in [0.717, 1.165) is 16.0 Å². The van der Waals surface area contributed by atoms with Gasteiger partial charge in [0.2, 0.25) is 0 Å². The summed E-state index contributed by atoms with van der Waals surface area (Å²) in [6, 6.07) is 8.19. The first-order chi connectivity index (χ1) is 5.97. The van der Waals surface area contributed by atoms with E-state index in [9.17, 15) is 0 Å². The van der Waals surface area contributed by atoms with E-state index in [0.29, 0.717) is 0 Å². The highest BCUT2D eigenvalue weighted by molar-refractivity contribution is 7.80. The molecule has 2 heteroatoms. The predicted octanol–water partition coefficient (Wildman–Crippen LogP) is 3.08. The average molecular weight is 191 g/mol. The Kier molecular flexibility index (Phi) is 2.68. The Hall–Kier alpha value is -0.940. The molecule has 0 aliphatic carbocycles. The summed E-state index contributed by atoms with van der Waals surface area (Å²) in [5.74, 6) is 0. The molecule has 0 bridgehead atoms. The summed E-state index contributed by atoms with van der Waals surface area (Å²) in [7, 11) is 0. The summed E-state index contributed by atoms with van der Waals surface area (Å²) in [5, 5.41) is 8.94. The standard InChI is InChI=1S/C11H13NS/c1-8-6-9(4-5-10(8)13)11(2,3)7-12/h4-6,13H,1-3H3. The number of nitriles is 1. The first kappa shape index (κ1) is 10.1. The molecule has 0 fully saturated rings. The molecular weight excluding hydrogens is 178 g/mol. The van der Waals surface area contributed by atoms with Gasteiger partial charge in [0.15, 0.2) is 0 Å². The molecule has 0 N–H and O–H groups in total. The first-order valence-corrected chi connectivity index (χ1v) is 4.63. The lowest BCUT2D eigenvalue weighted by Crippen LogP contribution is -2.13. The lowest BCUT2D eigenvalue weighted by Gasteiger charge is -2.16. The van der Waals surface area contributed by atoms with Crippen LogP contribution in [0, 0.1) is 18.3 Å². The molecule has 0 heterocycles. The van der Waals surface area contributed by atoms with Crippen LogP contribution < -0.4 is 0 Å². The Balaban J connectivity index is 3.20. The number of aryl methyl sites for hydroxylation is 1. The van der Waals surface area contributed by atoms with Crippen LogP contribution >= 0.6 is 12.6 Å². The number of thiol groups is 1. The fourth-order valence-electron chi connectivity index (χ4n) is 1.11. The third-order valence-electron chi connectivity index (χ3n) is 2.20. The Morgan fingerprint density at radius 1 is 1.38 bits per heavy atom. The van der Waals surface area contributed by atoms with E-state index >= 15 is 0 Å². The van der Waals surface area contributed by atoms with Crippen molar-refractivity contribution < 1.29 is 0 Å². The van der Waals surface area contributed by atoms with Crippen LogP contribution in [0.3, 0.4) is 0 Å². The largest absolute Gasteiger partial charge is 0.197 e. The van der Waals surface area contributed by atoms with Gasteiger partial charge in [-0.15, -0.1) is 12.6 Å². The minimum atomic E-state index is -0.410. The molecule has 1 aromatic rings. The molecule has 1 nitrogen and oxygen atoms in total. The third kappa shape index (κ3) is 2.05. The van der Waals surface area contributed by atoms with Crippen LogP contribution in [0.25, 0.3) is 0 Å². The SMILES string of the molecule is Cc1cc(C(C)(C)C#N)ccc1S. The maximum atomic E-state index is 8.94. The van der Waals surface area contributed by atoms with Crippen LogP contribution in [0.5, 0.6) is 0 Å². The van der Waals surface area contributed by atoms with Gasteiger partial charge in [0, 0.05) is 4.90 Å². The smallest absolute Gasteiger partial charge is 0.0766 e. The second-order valence-corrected chi connectivity index (χ2v) is 4.22. The van der Waals surface area contributed by atoms with Gasteiger partial charge in [0.25, 0.3) is 0 Å². The van der Waals surface area contributed by atoms with Crippen molar-refractivity contribution >= 4 is 12.6 Å². The highest BCUT2D eigenvalue weighted by Crippen LogP contribution is 2.25. The lowest BCUT2D eigenvalue weighted by molar-refractivity contribution is 0.685. The van der Waals surface area contributed by atoms with Gasteiger partial charge in [-0.25, -0.2) is 0 Å². The summed E-state index contributed by atoms with van der Waals surface area (Å²) in [6.45, 7) is 5.83. The van der Waals surface area contributed by atoms with Crippen LogP contribution in [0.1, 0.15) is 25.0 Å². The molecule has 0 unspecified atom stereocenters. The van der Waals surface area contributed by atoms with Crippen LogP contribution in [-0.4, -0.2) is 0 Å². The molecule has 0 saturated heterocycles. The number of rotatable bonds is 1. The first-order valence-electron chi connectivity index (χ1n) is 4.19. The molecule has 0 amide bonds. The van der Waals surface area contributed by atoms with Crippen LogP contribution in [-0.2, 0) is 5.41 Å². The van der Waals surface area contributed by atoms with Crippen molar-refractivity contribution in [1.82, 2.24) is 0 Å². The van der Waals surface area contributed by atoms with Crippen molar-refractivity contribution in [2.45, 2.75) is 31.1 Å². The van der Waals surface area contributed by atoms with E-state index in [-0.39, 0.29) is 0 Å². The fraction of sp³-hybridized carbons (Fsp3) is 0.364. The van der Waals surface area contributed by atoms with E-state index in [1.807, 2.05) is 39.0 Å². The van der Waals surface area contributed by atoms with Gasteiger partial charge in [0.05, 0.1) is 11.5 Å². The molecule has 0 aromatic heterocycles. The quantitative estimate of drug-likeness (QED) is 0.678. The van der Waals surface area contributed by atoms with E-state index in [4.69, 9.17) is 5.26 Å². The molecule has 0 atom stereocenters. The van der Waals surface area contributed by atoms with Crippen LogP contribution in [0.15, 0.2) is 23.1 Å². The van der Waals surface area contributed by atoms with Crippen LogP contribution in [0.2, 0.25) is 0 Å². The molecule has 0 radical (unpaired) electrons. The summed E-state index contributed by atoms with van der Waals surface area (Å²) in [6.07, 6.45) is 0. The maximum Gasteiger partial charge on any atom is 0.0766 e. The maximum absolute atomic E-state index is 8.94. The molecule has 0 aliphatic rings. The summed E-state index contributed by atoms with van der Waals surface area (Å²) < 4.78 is 0. The topological polar surface area (TPSA) is 23.8 Å². The summed E-state index contributed by atoms with van der Waals surface area (Å²) in [4.78, 5) is 0.970. The van der Waals surface area contributed by atoms with Crippen molar-refractivity contribution in [3.63, 3.8) is 0 Å². The van der Waals surface area contributed by atoms with Gasteiger partial charge in [-0.1, -0.05) is 12.1 Å². The minimum Gasteiger partial charge on any atom is -0.197 e. The second-order valence-electron chi connectivity index (χ2n) is 3.74. The lowest BCUT2D eigenvalue weighted by atomic mass is 9.86. The van der Waals surface area contributed by atoms with Crippen molar-refractivity contribution in [2.24, 2.45) is 0 Å². The van der Waals surface area contributed by atoms with Crippen molar-refractivity contribution in [3.05, 3.63) is 29.3 Å². The summed E-state index contributed by atoms with van der Waals surface area (Å²) in [5.41, 5.74) is 1.75. The molecule has 0 spiro atoms. The van der Waals surface area contributed by atoms with Gasteiger partial charge >= 0.3 is 0 Å². The number of benzene rings is 1. The van der Waals surface area contributed by atoms with E-state index in [1.165, 1.54) is 0 Å². The molecule has 0 saturated carbocycles. The highest BCUT2D eigenvalue weighted by Gasteiger charge is 2.19. The van der Waals surface area contributed by atoms with Gasteiger partial charge in [-0.05, 0) is 38.0 Å². The van der Waals surface area contributed by atoms with Crippen molar-refractivity contribution in [3.8, 4) is 6.07 Å². The number of hydrogen-bond acceptors (Lipinski definition) is 2. The number of hydrogen-bond donors (Lipinski definition) is 1. The Bertz CT molecular complexity index is 361. The number of nitrogens with zero attached hydrogens (tertiary/aromatic N) is 1. The zero-order valence-electron chi connectivity index (χ0n) is 8.13. The predicted molar refractivity (Wildman–Crippen MR) is 57.1 cm³/mol. The minimum absolute atomic E-state index is 0.410. The molecule has 13 heavy (non-hydrogen) atoms. The van der Waals surface area contributed by atoms with Gasteiger partial charge in [-0.3, -0.25) is 0 Å². The molecule has 1 aromatic carbocycles. The third-order valence-corrected chi connectivity index (χ3v) is 2.70. The molecule has 0 aliphatic heterocycles. The van der Waals surface area contributed by atoms with E-state index in [1.54, 1.807) is 0 Å². The van der Waals surface area contributed by atoms with Gasteiger partial charge < -0.3 is 0 Å². The molecule has 1 rings (SSSR count). The van der Waals surface area contributed by atoms with E-state index < -0.39 is 5.41 Å². The zero-order valence-corrected chi connectivity index (χ0v) is 9.02. The van der Waals surface area contributed by atoms with Crippen molar-refractivity contribution in [2.75, 3.05) is 0 Å². The summed E-state index contributed by atoms with van der Waals surface area (Å²) >= 11 is 4.29. The van der Waals surface area contributed by atoms with Gasteiger partial charge in [-0.2, -0.15) is 5.26 Å². The fourth-order valence-corrected chi connectivity index (χ4v) is 1.25. The Morgan fingerprint density at radius 2 is 2.00 bits per heavy atom. The van der Waals surface area contributed by atoms with Gasteiger partial charge in [0.1, 0.15) is 0 Å². The monoisotopic (exact) mass is 191 g/mol. The van der Waals surface area contributed by atoms with Crippen LogP contribution in [0.4, 0.5) is 0 Å². The van der Waals surface area contributed by atoms with Crippen molar-refractivity contribution in [1.29, 1.82) is 5.26 Å². The normalized spacial score (nSPS) is 11.0. The Labute approximate surface area is 84.8 Å². The highest BCUT2D eigenvalue weighted by atomic mass is 32.1. The molecular formula is C11H13NS. The van der Waals surface area contributed by atoms with E-state index in [2.05, 4.69) is 18.7 Å². The second kappa shape index (κ2) is 3.43. The molecule has 68 valence electrons. The Morgan fingerprint density at radius 3 is 2.46 bits per heavy atom. The average Bonchev–Trinajstić information content (AvgIpc) is 2.09. The zero-order chi connectivity index (χ0) is 10.1.